The lowest BCUT2D eigenvalue weighted by Crippen LogP contribution is -1.89. The lowest BCUT2D eigenvalue weighted by Gasteiger charge is -2.03. The van der Waals surface area contributed by atoms with Gasteiger partial charge >= 0.3 is 0 Å². The number of fused-ring (bicyclic) bond motifs is 1. The van der Waals surface area contributed by atoms with Crippen LogP contribution in [0.3, 0.4) is 0 Å². The highest BCUT2D eigenvalue weighted by molar-refractivity contribution is 7.21. The van der Waals surface area contributed by atoms with Gasteiger partial charge in [-0.3, -0.25) is 0 Å². The second-order valence-corrected chi connectivity index (χ2v) is 6.61. The first-order chi connectivity index (χ1) is 10.4. The number of anilines is 1. The predicted molar refractivity (Wildman–Crippen MR) is 93.6 cm³/mol. The summed E-state index contributed by atoms with van der Waals surface area (Å²) < 4.78 is 1.14. The van der Waals surface area contributed by atoms with E-state index in [-0.39, 0.29) is 0 Å². The Bertz CT molecular complexity index is 854. The zero-order valence-electron chi connectivity index (χ0n) is 13.1. The standard InChI is InChI=1S/C17H18N4S/c1-9-6-15-16(8-10(9)2)22-17(19-15)21-20-14-7-11(3)13(18)5-12(14)4/h5-8H,18H2,1-4H3/b21-20+. The molecular formula is C17H18N4S. The molecule has 0 spiro atoms. The Morgan fingerprint density at radius 2 is 1.59 bits per heavy atom. The lowest BCUT2D eigenvalue weighted by atomic mass is 10.1. The first-order valence-electron chi connectivity index (χ1n) is 7.10. The van der Waals surface area contributed by atoms with Gasteiger partial charge in [0.25, 0.3) is 0 Å². The second-order valence-electron chi connectivity index (χ2n) is 5.60. The summed E-state index contributed by atoms with van der Waals surface area (Å²) in [6, 6.07) is 8.13. The van der Waals surface area contributed by atoms with Gasteiger partial charge in [0.2, 0.25) is 5.13 Å². The van der Waals surface area contributed by atoms with Gasteiger partial charge in [-0.25, -0.2) is 4.98 Å². The molecule has 0 aliphatic carbocycles. The van der Waals surface area contributed by atoms with E-state index in [1.165, 1.54) is 11.1 Å². The maximum absolute atomic E-state index is 5.89. The molecule has 3 rings (SSSR count). The minimum absolute atomic E-state index is 0.675. The van der Waals surface area contributed by atoms with E-state index in [2.05, 4.69) is 41.2 Å². The molecule has 3 aromatic rings. The summed E-state index contributed by atoms with van der Waals surface area (Å²) in [5.74, 6) is 0. The largest absolute Gasteiger partial charge is 0.399 e. The third-order valence-corrected chi connectivity index (χ3v) is 4.72. The molecule has 0 amide bonds. The van der Waals surface area contributed by atoms with Crippen LogP contribution < -0.4 is 5.73 Å². The molecule has 0 atom stereocenters. The summed E-state index contributed by atoms with van der Waals surface area (Å²) in [5, 5.41) is 9.31. The number of azo groups is 1. The molecule has 4 nitrogen and oxygen atoms in total. The average Bonchev–Trinajstić information content (AvgIpc) is 2.84. The molecule has 0 aliphatic heterocycles. The molecule has 0 bridgehead atoms. The number of benzene rings is 2. The molecule has 112 valence electrons. The molecular weight excluding hydrogens is 292 g/mol. The fourth-order valence-electron chi connectivity index (χ4n) is 2.24. The van der Waals surface area contributed by atoms with E-state index >= 15 is 0 Å². The maximum Gasteiger partial charge on any atom is 0.231 e. The number of nitrogen functional groups attached to an aromatic ring is 1. The number of hydrogen-bond donors (Lipinski definition) is 1. The molecule has 0 aliphatic rings. The SMILES string of the molecule is Cc1cc2nc(/N=N/c3cc(C)c(N)cc3C)sc2cc1C. The van der Waals surface area contributed by atoms with Crippen molar-refractivity contribution in [3.05, 3.63) is 46.5 Å². The van der Waals surface area contributed by atoms with Crippen LogP contribution in [0.15, 0.2) is 34.5 Å². The van der Waals surface area contributed by atoms with Gasteiger partial charge in [0.05, 0.1) is 15.9 Å². The first kappa shape index (κ1) is 14.7. The number of rotatable bonds is 2. The van der Waals surface area contributed by atoms with Gasteiger partial charge in [0.15, 0.2) is 0 Å². The van der Waals surface area contributed by atoms with Crippen molar-refractivity contribution in [1.29, 1.82) is 0 Å². The maximum atomic E-state index is 5.89. The second kappa shape index (κ2) is 5.50. The highest BCUT2D eigenvalue weighted by atomic mass is 32.1. The van der Waals surface area contributed by atoms with Crippen molar-refractivity contribution in [2.24, 2.45) is 10.2 Å². The van der Waals surface area contributed by atoms with E-state index in [0.717, 1.165) is 32.7 Å². The molecule has 0 unspecified atom stereocenters. The zero-order chi connectivity index (χ0) is 15.9. The summed E-state index contributed by atoms with van der Waals surface area (Å²) in [5.41, 5.74) is 13.0. The van der Waals surface area contributed by atoms with E-state index in [1.54, 1.807) is 11.3 Å². The van der Waals surface area contributed by atoms with Crippen molar-refractivity contribution in [3.63, 3.8) is 0 Å². The van der Waals surface area contributed by atoms with E-state index in [0.29, 0.717) is 5.13 Å². The fourth-order valence-corrected chi connectivity index (χ4v) is 3.11. The third-order valence-electron chi connectivity index (χ3n) is 3.82. The predicted octanol–water partition coefficient (Wildman–Crippen LogP) is 5.53. The van der Waals surface area contributed by atoms with E-state index in [9.17, 15) is 0 Å². The van der Waals surface area contributed by atoms with E-state index in [1.807, 2.05) is 26.0 Å². The van der Waals surface area contributed by atoms with Crippen LogP contribution in [0.4, 0.5) is 16.5 Å². The minimum atomic E-state index is 0.675. The van der Waals surface area contributed by atoms with Gasteiger partial charge in [0, 0.05) is 5.69 Å². The van der Waals surface area contributed by atoms with Crippen LogP contribution in [0.1, 0.15) is 22.3 Å². The minimum Gasteiger partial charge on any atom is -0.399 e. The van der Waals surface area contributed by atoms with Crippen molar-refractivity contribution in [1.82, 2.24) is 4.98 Å². The highest BCUT2D eigenvalue weighted by Crippen LogP contribution is 2.32. The number of aryl methyl sites for hydroxylation is 4. The summed E-state index contributed by atoms with van der Waals surface area (Å²) in [6.45, 7) is 8.15. The van der Waals surface area contributed by atoms with Crippen LogP contribution in [-0.2, 0) is 0 Å². The van der Waals surface area contributed by atoms with Crippen LogP contribution in [0.2, 0.25) is 0 Å². The topological polar surface area (TPSA) is 63.6 Å². The van der Waals surface area contributed by atoms with Gasteiger partial charge in [-0.15, -0.1) is 10.2 Å². The van der Waals surface area contributed by atoms with Gasteiger partial charge in [-0.2, -0.15) is 0 Å². The Morgan fingerprint density at radius 1 is 0.864 bits per heavy atom. The Kier molecular flexibility index (Phi) is 3.66. The smallest absolute Gasteiger partial charge is 0.231 e. The number of nitrogens with zero attached hydrogens (tertiary/aromatic N) is 3. The van der Waals surface area contributed by atoms with Crippen molar-refractivity contribution < 1.29 is 0 Å². The summed E-state index contributed by atoms with van der Waals surface area (Å²) in [7, 11) is 0. The van der Waals surface area contributed by atoms with Gasteiger partial charge in [-0.05, 0) is 74.2 Å². The number of hydrogen-bond acceptors (Lipinski definition) is 5. The molecule has 0 saturated heterocycles. The fraction of sp³-hybridized carbons (Fsp3) is 0.235. The van der Waals surface area contributed by atoms with Gasteiger partial charge in [-0.1, -0.05) is 11.3 Å². The quantitative estimate of drug-likeness (QED) is 0.500. The number of aromatic nitrogens is 1. The molecule has 2 aromatic carbocycles. The zero-order valence-corrected chi connectivity index (χ0v) is 14.0. The molecule has 1 heterocycles. The number of thiazole rings is 1. The van der Waals surface area contributed by atoms with E-state index < -0.39 is 0 Å². The Labute approximate surface area is 133 Å². The molecule has 0 radical (unpaired) electrons. The van der Waals surface area contributed by atoms with Crippen LogP contribution in [-0.4, -0.2) is 4.98 Å². The van der Waals surface area contributed by atoms with E-state index in [4.69, 9.17) is 5.73 Å². The Balaban J connectivity index is 1.97. The van der Waals surface area contributed by atoms with Crippen LogP contribution in [0.25, 0.3) is 10.2 Å². The van der Waals surface area contributed by atoms with Crippen molar-refractivity contribution in [2.75, 3.05) is 5.73 Å². The summed E-state index contributed by atoms with van der Waals surface area (Å²) >= 11 is 1.56. The lowest BCUT2D eigenvalue weighted by molar-refractivity contribution is 1.18. The third kappa shape index (κ3) is 2.72. The van der Waals surface area contributed by atoms with Crippen molar-refractivity contribution in [3.8, 4) is 0 Å². The molecule has 0 saturated carbocycles. The van der Waals surface area contributed by atoms with Crippen LogP contribution >= 0.6 is 11.3 Å². The van der Waals surface area contributed by atoms with Gasteiger partial charge < -0.3 is 5.73 Å². The van der Waals surface area contributed by atoms with Crippen LogP contribution in [0, 0.1) is 27.7 Å². The van der Waals surface area contributed by atoms with Crippen molar-refractivity contribution >= 4 is 38.1 Å². The molecule has 1 aromatic heterocycles. The molecule has 2 N–H and O–H groups in total. The molecule has 22 heavy (non-hydrogen) atoms. The first-order valence-corrected chi connectivity index (χ1v) is 7.92. The number of nitrogens with two attached hydrogens (primary N) is 1. The Hall–Kier alpha value is -2.27. The summed E-state index contributed by atoms with van der Waals surface area (Å²) in [6.07, 6.45) is 0. The van der Waals surface area contributed by atoms with Crippen molar-refractivity contribution in [2.45, 2.75) is 27.7 Å². The van der Waals surface area contributed by atoms with Gasteiger partial charge in [0.1, 0.15) is 0 Å². The average molecular weight is 310 g/mol. The monoisotopic (exact) mass is 310 g/mol. The molecule has 5 heteroatoms. The van der Waals surface area contributed by atoms with Crippen LogP contribution in [0.5, 0.6) is 0 Å². The molecule has 0 fully saturated rings. The normalized spacial score (nSPS) is 11.6. The summed E-state index contributed by atoms with van der Waals surface area (Å²) in [4.78, 5) is 4.53. The highest BCUT2D eigenvalue weighted by Gasteiger charge is 2.06. The Morgan fingerprint density at radius 3 is 2.36 bits per heavy atom.